The van der Waals surface area contributed by atoms with Gasteiger partial charge in [0.25, 0.3) is 5.91 Å². The zero-order valence-corrected chi connectivity index (χ0v) is 18.3. The zero-order chi connectivity index (χ0) is 24.5. The van der Waals surface area contributed by atoms with Crippen LogP contribution in [-0.2, 0) is 19.3 Å². The molecule has 1 amide bonds. The van der Waals surface area contributed by atoms with Crippen LogP contribution in [0.15, 0.2) is 54.6 Å². The van der Waals surface area contributed by atoms with E-state index in [2.05, 4.69) is 20.7 Å². The topological polar surface area (TPSA) is 77.6 Å². The highest BCUT2D eigenvalue weighted by Gasteiger charge is 2.42. The maximum absolute atomic E-state index is 13.8. The molecule has 0 saturated heterocycles. The van der Waals surface area contributed by atoms with E-state index in [4.69, 9.17) is 0 Å². The smallest absolute Gasteiger partial charge is 0.346 e. The average Bonchev–Trinajstić information content (AvgIpc) is 3.36. The number of aryl methyl sites for hydroxylation is 2. The lowest BCUT2D eigenvalue weighted by atomic mass is 10.1. The number of carbonyl (C=O) groups excluding carboxylic acids is 1. The number of rotatable bonds is 6. The summed E-state index contributed by atoms with van der Waals surface area (Å²) in [6.45, 7) is 4.36. The summed E-state index contributed by atoms with van der Waals surface area (Å²) in [4.78, 5) is 12.6. The standard InChI is InChI=1S/C23H20F4N6O/c1-14-10-15(2)32(30-14)13-17-5-3-4-16(11-17)12-28-22(34)20-21(23(25,26)27)33(31-29-20)19-8-6-18(24)7-9-19/h3-11H,12-13H2,1-2H3,(H,28,34). The van der Waals surface area contributed by atoms with Crippen LogP contribution in [0.5, 0.6) is 0 Å². The van der Waals surface area contributed by atoms with Crippen LogP contribution >= 0.6 is 0 Å². The molecule has 4 aromatic rings. The van der Waals surface area contributed by atoms with E-state index in [-0.39, 0.29) is 12.2 Å². The van der Waals surface area contributed by atoms with Crippen LogP contribution in [0.2, 0.25) is 0 Å². The van der Waals surface area contributed by atoms with Crippen LogP contribution in [0.25, 0.3) is 5.69 Å². The first kappa shape index (κ1) is 23.1. The summed E-state index contributed by atoms with van der Waals surface area (Å²) in [5, 5.41) is 13.8. The molecule has 0 aliphatic heterocycles. The monoisotopic (exact) mass is 472 g/mol. The minimum Gasteiger partial charge on any atom is -0.346 e. The van der Waals surface area contributed by atoms with Gasteiger partial charge in [0.2, 0.25) is 0 Å². The molecule has 2 heterocycles. The van der Waals surface area contributed by atoms with E-state index < -0.39 is 29.3 Å². The van der Waals surface area contributed by atoms with Crippen molar-refractivity contribution in [3.05, 3.63) is 94.3 Å². The second-order valence-corrected chi connectivity index (χ2v) is 7.76. The normalized spacial score (nSPS) is 11.6. The Morgan fingerprint density at radius 2 is 1.74 bits per heavy atom. The number of amides is 1. The summed E-state index contributed by atoms with van der Waals surface area (Å²) in [7, 11) is 0. The molecule has 0 radical (unpaired) electrons. The van der Waals surface area contributed by atoms with Gasteiger partial charge in [0.05, 0.1) is 17.9 Å². The average molecular weight is 472 g/mol. The molecule has 4 rings (SSSR count). The minimum atomic E-state index is -4.91. The van der Waals surface area contributed by atoms with Crippen molar-refractivity contribution < 1.29 is 22.4 Å². The number of benzene rings is 2. The highest BCUT2D eigenvalue weighted by atomic mass is 19.4. The summed E-state index contributed by atoms with van der Waals surface area (Å²) >= 11 is 0. The van der Waals surface area contributed by atoms with E-state index in [0.29, 0.717) is 16.8 Å². The summed E-state index contributed by atoms with van der Waals surface area (Å²) in [5.41, 5.74) is 1.25. The third-order valence-electron chi connectivity index (χ3n) is 5.11. The third-order valence-corrected chi connectivity index (χ3v) is 5.11. The molecule has 0 unspecified atom stereocenters. The number of halogens is 4. The van der Waals surface area contributed by atoms with E-state index in [1.165, 1.54) is 0 Å². The fraction of sp³-hybridized carbons (Fsp3) is 0.217. The fourth-order valence-corrected chi connectivity index (χ4v) is 3.56. The van der Waals surface area contributed by atoms with Crippen LogP contribution < -0.4 is 5.32 Å². The number of hydrogen-bond acceptors (Lipinski definition) is 4. The first-order chi connectivity index (χ1) is 16.1. The van der Waals surface area contributed by atoms with Crippen LogP contribution in [0.4, 0.5) is 17.6 Å². The fourth-order valence-electron chi connectivity index (χ4n) is 3.56. The Hall–Kier alpha value is -4.02. The molecule has 2 aromatic carbocycles. The SMILES string of the molecule is Cc1cc(C)n(Cc2cccc(CNC(=O)c3nnn(-c4ccc(F)cc4)c3C(F)(F)F)c2)n1. The predicted molar refractivity (Wildman–Crippen MR) is 115 cm³/mol. The van der Waals surface area contributed by atoms with Gasteiger partial charge in [-0.25, -0.2) is 9.07 Å². The number of aromatic nitrogens is 5. The molecule has 176 valence electrons. The van der Waals surface area contributed by atoms with Gasteiger partial charge in [-0.05, 0) is 55.3 Å². The lowest BCUT2D eigenvalue weighted by Gasteiger charge is -2.12. The summed E-state index contributed by atoms with van der Waals surface area (Å²) in [5.74, 6) is -1.64. The van der Waals surface area contributed by atoms with Crippen LogP contribution in [0, 0.1) is 19.7 Å². The van der Waals surface area contributed by atoms with Gasteiger partial charge in [0.15, 0.2) is 11.4 Å². The van der Waals surface area contributed by atoms with Crippen molar-refractivity contribution in [3.63, 3.8) is 0 Å². The molecule has 1 N–H and O–H groups in total. The van der Waals surface area contributed by atoms with E-state index in [0.717, 1.165) is 41.2 Å². The van der Waals surface area contributed by atoms with Crippen LogP contribution in [-0.4, -0.2) is 30.7 Å². The molecule has 0 spiro atoms. The molecule has 0 fully saturated rings. The Kier molecular flexibility index (Phi) is 6.18. The van der Waals surface area contributed by atoms with Gasteiger partial charge >= 0.3 is 6.18 Å². The molecule has 7 nitrogen and oxygen atoms in total. The van der Waals surface area contributed by atoms with Gasteiger partial charge in [0, 0.05) is 12.2 Å². The summed E-state index contributed by atoms with van der Waals surface area (Å²) < 4.78 is 56.8. The lowest BCUT2D eigenvalue weighted by molar-refractivity contribution is -0.143. The van der Waals surface area contributed by atoms with Crippen molar-refractivity contribution in [3.8, 4) is 5.69 Å². The molecule has 11 heteroatoms. The Labute approximate surface area is 192 Å². The molecule has 0 saturated carbocycles. The predicted octanol–water partition coefficient (Wildman–Crippen LogP) is 4.22. The van der Waals surface area contributed by atoms with Crippen molar-refractivity contribution in [2.24, 2.45) is 0 Å². The van der Waals surface area contributed by atoms with E-state index in [1.54, 1.807) is 12.1 Å². The number of nitrogens with zero attached hydrogens (tertiary/aromatic N) is 5. The number of carbonyl (C=O) groups is 1. The summed E-state index contributed by atoms with van der Waals surface area (Å²) in [6.07, 6.45) is -4.91. The van der Waals surface area contributed by atoms with Gasteiger partial charge in [-0.15, -0.1) is 5.10 Å². The quantitative estimate of drug-likeness (QED) is 0.427. The largest absolute Gasteiger partial charge is 0.435 e. The highest BCUT2D eigenvalue weighted by molar-refractivity contribution is 5.93. The van der Waals surface area contributed by atoms with Crippen LogP contribution in [0.1, 0.15) is 38.7 Å². The highest BCUT2D eigenvalue weighted by Crippen LogP contribution is 2.32. The lowest BCUT2D eigenvalue weighted by Crippen LogP contribution is -2.27. The Balaban J connectivity index is 1.52. The van der Waals surface area contributed by atoms with E-state index >= 15 is 0 Å². The van der Waals surface area contributed by atoms with Crippen molar-refractivity contribution in [2.45, 2.75) is 33.1 Å². The number of nitrogens with one attached hydrogen (secondary N) is 1. The van der Waals surface area contributed by atoms with Crippen LogP contribution in [0.3, 0.4) is 0 Å². The first-order valence-corrected chi connectivity index (χ1v) is 10.3. The number of hydrogen-bond donors (Lipinski definition) is 1. The van der Waals surface area contributed by atoms with Crippen molar-refractivity contribution >= 4 is 5.91 Å². The molecule has 34 heavy (non-hydrogen) atoms. The molecule has 2 aromatic heterocycles. The third kappa shape index (κ3) is 4.98. The van der Waals surface area contributed by atoms with Crippen molar-refractivity contribution in [2.75, 3.05) is 0 Å². The Bertz CT molecular complexity index is 1320. The zero-order valence-electron chi connectivity index (χ0n) is 18.3. The van der Waals surface area contributed by atoms with Gasteiger partial charge in [0.1, 0.15) is 5.82 Å². The second kappa shape index (κ2) is 9.08. The first-order valence-electron chi connectivity index (χ1n) is 10.3. The summed E-state index contributed by atoms with van der Waals surface area (Å²) in [6, 6.07) is 13.5. The molecule has 0 aliphatic carbocycles. The minimum absolute atomic E-state index is 0.00943. The molecule has 0 bridgehead atoms. The second-order valence-electron chi connectivity index (χ2n) is 7.76. The van der Waals surface area contributed by atoms with Crippen molar-refractivity contribution in [1.29, 1.82) is 0 Å². The van der Waals surface area contributed by atoms with Crippen molar-refractivity contribution in [1.82, 2.24) is 30.1 Å². The molecular weight excluding hydrogens is 452 g/mol. The van der Waals surface area contributed by atoms with E-state index in [1.807, 2.05) is 36.7 Å². The molecule has 0 atom stereocenters. The van der Waals surface area contributed by atoms with Gasteiger partial charge in [-0.3, -0.25) is 9.48 Å². The number of alkyl halides is 3. The van der Waals surface area contributed by atoms with E-state index in [9.17, 15) is 22.4 Å². The van der Waals surface area contributed by atoms with Gasteiger partial charge in [-0.1, -0.05) is 29.5 Å². The van der Waals surface area contributed by atoms with Gasteiger partial charge in [-0.2, -0.15) is 18.3 Å². The Morgan fingerprint density at radius 3 is 2.38 bits per heavy atom. The molecular formula is C23H20F4N6O. The Morgan fingerprint density at radius 1 is 1.03 bits per heavy atom. The maximum atomic E-state index is 13.8. The molecule has 0 aliphatic rings. The van der Waals surface area contributed by atoms with Gasteiger partial charge < -0.3 is 5.32 Å². The maximum Gasteiger partial charge on any atom is 0.435 e.